The Kier molecular flexibility index (Phi) is 3.86. The lowest BCUT2D eigenvalue weighted by Gasteiger charge is -2.15. The Morgan fingerprint density at radius 2 is 1.73 bits per heavy atom. The van der Waals surface area contributed by atoms with E-state index in [0.717, 1.165) is 27.8 Å². The molecule has 3 heteroatoms. The van der Waals surface area contributed by atoms with Gasteiger partial charge in [-0.15, -0.1) is 0 Å². The number of carboxylic acid groups (broad SMARTS) is 1. The summed E-state index contributed by atoms with van der Waals surface area (Å²) >= 11 is 6.16. The number of rotatable bonds is 2. The van der Waals surface area contributed by atoms with E-state index in [9.17, 15) is 9.90 Å². The topological polar surface area (TPSA) is 37.3 Å². The van der Waals surface area contributed by atoms with Gasteiger partial charge in [-0.05, 0) is 40.8 Å². The van der Waals surface area contributed by atoms with Crippen molar-refractivity contribution in [1.29, 1.82) is 0 Å². The van der Waals surface area contributed by atoms with Crippen LogP contribution in [0.4, 0.5) is 0 Å². The number of carboxylic acids is 1. The molecule has 1 aliphatic rings. The molecule has 3 rings (SSSR count). The number of halogens is 1. The van der Waals surface area contributed by atoms with Crippen molar-refractivity contribution in [3.63, 3.8) is 0 Å². The van der Waals surface area contributed by atoms with Gasteiger partial charge in [0.1, 0.15) is 0 Å². The Morgan fingerprint density at radius 1 is 1.05 bits per heavy atom. The minimum atomic E-state index is -0.889. The molecule has 0 aromatic heterocycles. The van der Waals surface area contributed by atoms with Crippen LogP contribution < -0.4 is 0 Å². The van der Waals surface area contributed by atoms with Crippen molar-refractivity contribution in [2.75, 3.05) is 0 Å². The molecular formula is C19H15ClO2. The van der Waals surface area contributed by atoms with E-state index in [0.29, 0.717) is 17.0 Å². The van der Waals surface area contributed by atoms with Crippen LogP contribution in [-0.2, 0) is 4.79 Å². The Balaban J connectivity index is 2.44. The lowest BCUT2D eigenvalue weighted by Crippen LogP contribution is -2.06. The smallest absolute Gasteiger partial charge is 0.332 e. The van der Waals surface area contributed by atoms with E-state index < -0.39 is 5.97 Å². The summed E-state index contributed by atoms with van der Waals surface area (Å²) in [5, 5.41) is 10.2. The van der Waals surface area contributed by atoms with Gasteiger partial charge in [0.15, 0.2) is 0 Å². The lowest BCUT2D eigenvalue weighted by atomic mass is 9.88. The number of benzene rings is 2. The molecule has 0 spiro atoms. The number of hydrogen-bond acceptors (Lipinski definition) is 1. The summed E-state index contributed by atoms with van der Waals surface area (Å²) in [5.41, 5.74) is 4.94. The fraction of sp³-hybridized carbons (Fsp3) is 0.105. The van der Waals surface area contributed by atoms with Crippen LogP contribution in [0.5, 0.6) is 0 Å². The SMILES string of the molecule is CCC(C(=O)O)=C1c2ccccc2C=Cc2ccc(Cl)cc21. The summed E-state index contributed by atoms with van der Waals surface area (Å²) in [7, 11) is 0. The fourth-order valence-corrected chi connectivity index (χ4v) is 3.02. The highest BCUT2D eigenvalue weighted by Gasteiger charge is 2.21. The fourth-order valence-electron chi connectivity index (χ4n) is 2.85. The second-order valence-corrected chi connectivity index (χ2v) is 5.60. The molecule has 2 nitrogen and oxygen atoms in total. The molecule has 0 saturated carbocycles. The standard InChI is InChI=1S/C19H15ClO2/c1-2-15(19(21)22)18-16-6-4-3-5-12(16)7-8-13-9-10-14(20)11-17(13)18/h3-11H,2H2,1H3,(H,21,22). The van der Waals surface area contributed by atoms with Crippen molar-refractivity contribution in [2.24, 2.45) is 0 Å². The summed E-state index contributed by atoms with van der Waals surface area (Å²) in [4.78, 5) is 11.7. The van der Waals surface area contributed by atoms with Gasteiger partial charge >= 0.3 is 5.97 Å². The van der Waals surface area contributed by atoms with Gasteiger partial charge in [-0.2, -0.15) is 0 Å². The molecule has 1 aliphatic carbocycles. The average molecular weight is 311 g/mol. The summed E-state index contributed by atoms with van der Waals surface area (Å²) in [6.45, 7) is 1.86. The first-order valence-corrected chi connectivity index (χ1v) is 7.53. The molecule has 0 heterocycles. The Bertz CT molecular complexity index is 816. The van der Waals surface area contributed by atoms with Crippen LogP contribution in [0.15, 0.2) is 48.0 Å². The molecule has 0 fully saturated rings. The number of aliphatic carboxylic acids is 1. The van der Waals surface area contributed by atoms with Crippen molar-refractivity contribution in [1.82, 2.24) is 0 Å². The summed E-state index contributed by atoms with van der Waals surface area (Å²) in [6.07, 6.45) is 4.47. The number of carbonyl (C=O) groups is 1. The molecule has 0 saturated heterocycles. The number of hydrogen-bond donors (Lipinski definition) is 1. The first-order chi connectivity index (χ1) is 10.6. The van der Waals surface area contributed by atoms with Crippen LogP contribution in [0.25, 0.3) is 17.7 Å². The van der Waals surface area contributed by atoms with Crippen LogP contribution in [0.2, 0.25) is 5.02 Å². The molecule has 0 atom stereocenters. The van der Waals surface area contributed by atoms with Crippen molar-refractivity contribution in [3.8, 4) is 0 Å². The first-order valence-electron chi connectivity index (χ1n) is 7.15. The average Bonchev–Trinajstić information content (AvgIpc) is 2.66. The third-order valence-electron chi connectivity index (χ3n) is 3.87. The van der Waals surface area contributed by atoms with Gasteiger partial charge in [0.05, 0.1) is 0 Å². The van der Waals surface area contributed by atoms with Crippen molar-refractivity contribution < 1.29 is 9.90 Å². The second-order valence-electron chi connectivity index (χ2n) is 5.16. The quantitative estimate of drug-likeness (QED) is 0.667. The van der Waals surface area contributed by atoms with E-state index in [2.05, 4.69) is 0 Å². The van der Waals surface area contributed by atoms with E-state index in [1.807, 2.05) is 61.5 Å². The summed E-state index contributed by atoms with van der Waals surface area (Å²) < 4.78 is 0. The zero-order valence-corrected chi connectivity index (χ0v) is 12.9. The van der Waals surface area contributed by atoms with Crippen molar-refractivity contribution in [3.05, 3.63) is 75.3 Å². The van der Waals surface area contributed by atoms with Gasteiger partial charge in [0, 0.05) is 16.2 Å². The molecule has 0 unspecified atom stereocenters. The highest BCUT2D eigenvalue weighted by Crippen LogP contribution is 2.37. The third kappa shape index (κ3) is 2.46. The second kappa shape index (κ2) is 5.82. The Morgan fingerprint density at radius 3 is 2.41 bits per heavy atom. The minimum absolute atomic E-state index is 0.402. The predicted octanol–water partition coefficient (Wildman–Crippen LogP) is 5.12. The lowest BCUT2D eigenvalue weighted by molar-refractivity contribution is -0.132. The molecule has 0 amide bonds. The minimum Gasteiger partial charge on any atom is -0.478 e. The molecule has 0 aliphatic heterocycles. The van der Waals surface area contributed by atoms with E-state index >= 15 is 0 Å². The normalized spacial score (nSPS) is 14.8. The van der Waals surface area contributed by atoms with Crippen LogP contribution in [-0.4, -0.2) is 11.1 Å². The molecule has 0 radical (unpaired) electrons. The van der Waals surface area contributed by atoms with E-state index in [1.54, 1.807) is 0 Å². The van der Waals surface area contributed by atoms with Gasteiger partial charge < -0.3 is 5.11 Å². The molecule has 0 bridgehead atoms. The van der Waals surface area contributed by atoms with Gasteiger partial charge in [0.2, 0.25) is 0 Å². The van der Waals surface area contributed by atoms with Gasteiger partial charge in [-0.1, -0.05) is 61.0 Å². The zero-order chi connectivity index (χ0) is 15.7. The highest BCUT2D eigenvalue weighted by molar-refractivity contribution is 6.31. The highest BCUT2D eigenvalue weighted by atomic mass is 35.5. The number of fused-ring (bicyclic) bond motifs is 2. The van der Waals surface area contributed by atoms with Gasteiger partial charge in [-0.25, -0.2) is 4.79 Å². The van der Waals surface area contributed by atoms with Crippen molar-refractivity contribution in [2.45, 2.75) is 13.3 Å². The van der Waals surface area contributed by atoms with E-state index in [1.165, 1.54) is 0 Å². The molecule has 22 heavy (non-hydrogen) atoms. The molecule has 1 N–H and O–H groups in total. The van der Waals surface area contributed by atoms with E-state index in [4.69, 9.17) is 11.6 Å². The van der Waals surface area contributed by atoms with Gasteiger partial charge in [-0.3, -0.25) is 0 Å². The molecule has 2 aromatic rings. The van der Waals surface area contributed by atoms with Crippen LogP contribution in [0.1, 0.15) is 35.6 Å². The predicted molar refractivity (Wildman–Crippen MR) is 90.8 cm³/mol. The maximum Gasteiger partial charge on any atom is 0.332 e. The monoisotopic (exact) mass is 310 g/mol. The van der Waals surface area contributed by atoms with Crippen LogP contribution in [0.3, 0.4) is 0 Å². The van der Waals surface area contributed by atoms with Crippen LogP contribution >= 0.6 is 11.6 Å². The zero-order valence-electron chi connectivity index (χ0n) is 12.1. The summed E-state index contributed by atoms with van der Waals surface area (Å²) in [5.74, 6) is -0.889. The molecular weight excluding hydrogens is 296 g/mol. The first kappa shape index (κ1) is 14.6. The van der Waals surface area contributed by atoms with Crippen LogP contribution in [0, 0.1) is 0 Å². The largest absolute Gasteiger partial charge is 0.478 e. The summed E-state index contributed by atoms with van der Waals surface area (Å²) in [6, 6.07) is 13.4. The van der Waals surface area contributed by atoms with E-state index in [-0.39, 0.29) is 0 Å². The van der Waals surface area contributed by atoms with Crippen molar-refractivity contribution >= 4 is 35.3 Å². The maximum atomic E-state index is 11.7. The third-order valence-corrected chi connectivity index (χ3v) is 4.11. The molecule has 110 valence electrons. The Labute approximate surface area is 134 Å². The molecule has 2 aromatic carbocycles. The van der Waals surface area contributed by atoms with Gasteiger partial charge in [0.25, 0.3) is 0 Å². The maximum absolute atomic E-state index is 11.7. The Hall–Kier alpha value is -2.32.